The first-order chi connectivity index (χ1) is 16.2. The molecule has 188 valence electrons. The second-order valence-corrected chi connectivity index (χ2v) is 9.72. The fourth-order valence-corrected chi connectivity index (χ4v) is 4.77. The highest BCUT2D eigenvalue weighted by Crippen LogP contribution is 2.29. The van der Waals surface area contributed by atoms with Gasteiger partial charge in [0, 0.05) is 20.1 Å². The van der Waals surface area contributed by atoms with Gasteiger partial charge in [-0.3, -0.25) is 9.59 Å². The van der Waals surface area contributed by atoms with Gasteiger partial charge in [-0.05, 0) is 36.5 Å². The van der Waals surface area contributed by atoms with Crippen LogP contribution in [0.1, 0.15) is 58.4 Å². The van der Waals surface area contributed by atoms with E-state index in [2.05, 4.69) is 12.2 Å². The Morgan fingerprint density at radius 1 is 1.15 bits per heavy atom. The number of hydrogen-bond acceptors (Lipinski definition) is 4. The van der Waals surface area contributed by atoms with Crippen LogP contribution in [-0.4, -0.2) is 76.6 Å². The summed E-state index contributed by atoms with van der Waals surface area (Å²) in [5.41, 5.74) is 0.774. The number of halogens is 1. The van der Waals surface area contributed by atoms with Crippen LogP contribution in [-0.2, 0) is 16.1 Å². The van der Waals surface area contributed by atoms with Gasteiger partial charge < -0.3 is 15.1 Å². The van der Waals surface area contributed by atoms with Crippen molar-refractivity contribution in [3.8, 4) is 0 Å². The summed E-state index contributed by atoms with van der Waals surface area (Å²) in [4.78, 5) is 43.2. The summed E-state index contributed by atoms with van der Waals surface area (Å²) in [6.07, 6.45) is 4.17. The Balaban J connectivity index is 1.80. The molecule has 0 bridgehead atoms. The molecule has 0 unspecified atom stereocenters. The van der Waals surface area contributed by atoms with Crippen LogP contribution in [0, 0.1) is 11.7 Å². The van der Waals surface area contributed by atoms with Crippen LogP contribution in [0.15, 0.2) is 24.3 Å². The van der Waals surface area contributed by atoms with Crippen molar-refractivity contribution in [2.24, 2.45) is 5.92 Å². The molecule has 1 aromatic rings. The molecular weight excluding hydrogens is 437 g/mol. The molecule has 0 aromatic heterocycles. The molecule has 2 aliphatic rings. The van der Waals surface area contributed by atoms with E-state index in [4.69, 9.17) is 0 Å². The molecule has 2 fully saturated rings. The van der Waals surface area contributed by atoms with Crippen LogP contribution < -0.4 is 5.32 Å². The molecule has 3 rings (SSSR count). The van der Waals surface area contributed by atoms with Crippen molar-refractivity contribution in [3.63, 3.8) is 0 Å². The van der Waals surface area contributed by atoms with Gasteiger partial charge in [0.2, 0.25) is 11.8 Å². The summed E-state index contributed by atoms with van der Waals surface area (Å²) in [7, 11) is 1.71. The fourth-order valence-electron chi connectivity index (χ4n) is 4.77. The molecule has 2 aliphatic heterocycles. The maximum absolute atomic E-state index is 13.4. The quantitative estimate of drug-likeness (QED) is 0.557. The Kier molecular flexibility index (Phi) is 8.88. The number of urea groups is 1. The average Bonchev–Trinajstić information content (AvgIpc) is 2.78. The molecule has 0 aliphatic carbocycles. The minimum absolute atomic E-state index is 0.0222. The van der Waals surface area contributed by atoms with Crippen LogP contribution in [0.2, 0.25) is 0 Å². The Hall–Kier alpha value is -2.68. The van der Waals surface area contributed by atoms with Gasteiger partial charge in [0.1, 0.15) is 18.0 Å². The molecule has 0 spiro atoms. The summed E-state index contributed by atoms with van der Waals surface area (Å²) in [5, 5.41) is 6.07. The third-order valence-electron chi connectivity index (χ3n) is 6.48. The summed E-state index contributed by atoms with van der Waals surface area (Å²) in [6, 6.07) is 5.04. The number of carbonyl (C=O) groups excluding carboxylic acids is 3. The van der Waals surface area contributed by atoms with E-state index < -0.39 is 12.2 Å². The monoisotopic (exact) mass is 475 g/mol. The first-order valence-electron chi connectivity index (χ1n) is 12.3. The maximum Gasteiger partial charge on any atom is 0.334 e. The lowest BCUT2D eigenvalue weighted by Crippen LogP contribution is -2.76. The average molecular weight is 476 g/mol. The minimum atomic E-state index is -0.571. The lowest BCUT2D eigenvalue weighted by Gasteiger charge is -2.54. The van der Waals surface area contributed by atoms with Crippen molar-refractivity contribution in [2.75, 3.05) is 26.7 Å². The molecular formula is C25H38FN5O3. The maximum atomic E-state index is 13.4. The van der Waals surface area contributed by atoms with Crippen LogP contribution in [0.4, 0.5) is 9.18 Å². The van der Waals surface area contributed by atoms with Gasteiger partial charge in [0.05, 0.1) is 13.1 Å². The van der Waals surface area contributed by atoms with Crippen molar-refractivity contribution in [1.82, 2.24) is 25.1 Å². The van der Waals surface area contributed by atoms with Crippen molar-refractivity contribution >= 4 is 17.8 Å². The predicted molar refractivity (Wildman–Crippen MR) is 128 cm³/mol. The Morgan fingerprint density at radius 3 is 2.50 bits per heavy atom. The Bertz CT molecular complexity index is 863. The van der Waals surface area contributed by atoms with E-state index in [1.165, 1.54) is 12.1 Å². The Morgan fingerprint density at radius 2 is 1.85 bits per heavy atom. The standard InChI is InChI=1S/C25H38FN5O3/c1-5-6-7-8-13-29-16-22-30(21(24(29)33)14-18(2)3)23(32)17-28(4)31(22)25(34)27-15-19-9-11-20(26)12-10-19/h9-12,18,21-22H,5-8,13-17H2,1-4H3,(H,27,34)/t21-,22-/m0/s1. The van der Waals surface area contributed by atoms with E-state index in [1.807, 2.05) is 18.7 Å². The van der Waals surface area contributed by atoms with E-state index in [-0.39, 0.29) is 42.7 Å². The number of piperazine rings is 1. The molecule has 1 N–H and O–H groups in total. The number of benzene rings is 1. The summed E-state index contributed by atoms with van der Waals surface area (Å²) >= 11 is 0. The molecule has 2 atom stereocenters. The molecule has 0 radical (unpaired) electrons. The molecule has 8 nitrogen and oxygen atoms in total. The SMILES string of the molecule is CCCCCCN1C[C@H]2N(C(=O)CN(C)N2C(=O)NCc2ccc(F)cc2)[C@@H](CC(C)C)C1=O. The zero-order valence-electron chi connectivity index (χ0n) is 20.8. The highest BCUT2D eigenvalue weighted by atomic mass is 19.1. The van der Waals surface area contributed by atoms with Gasteiger partial charge in [-0.2, -0.15) is 0 Å². The van der Waals surface area contributed by atoms with E-state index in [0.29, 0.717) is 19.5 Å². The van der Waals surface area contributed by atoms with Gasteiger partial charge in [0.15, 0.2) is 0 Å². The Labute approximate surface area is 202 Å². The molecule has 2 heterocycles. The van der Waals surface area contributed by atoms with Crippen molar-refractivity contribution in [1.29, 1.82) is 0 Å². The minimum Gasteiger partial charge on any atom is -0.337 e. The first-order valence-corrected chi connectivity index (χ1v) is 12.3. The summed E-state index contributed by atoms with van der Waals surface area (Å²) in [6.45, 7) is 7.40. The molecule has 9 heteroatoms. The molecule has 4 amide bonds. The van der Waals surface area contributed by atoms with E-state index in [0.717, 1.165) is 31.2 Å². The van der Waals surface area contributed by atoms with Gasteiger partial charge >= 0.3 is 6.03 Å². The highest BCUT2D eigenvalue weighted by Gasteiger charge is 2.50. The second kappa shape index (κ2) is 11.6. The van der Waals surface area contributed by atoms with Gasteiger partial charge in [-0.15, -0.1) is 0 Å². The van der Waals surface area contributed by atoms with Crippen LogP contribution in [0.25, 0.3) is 0 Å². The van der Waals surface area contributed by atoms with E-state index >= 15 is 0 Å². The van der Waals surface area contributed by atoms with Gasteiger partial charge in [-0.25, -0.2) is 19.2 Å². The molecule has 34 heavy (non-hydrogen) atoms. The summed E-state index contributed by atoms with van der Waals surface area (Å²) in [5.74, 6) is -0.268. The fraction of sp³-hybridized carbons (Fsp3) is 0.640. The van der Waals surface area contributed by atoms with E-state index in [9.17, 15) is 18.8 Å². The predicted octanol–water partition coefficient (Wildman–Crippen LogP) is 3.19. The normalized spacial score (nSPS) is 21.3. The number of hydrogen-bond donors (Lipinski definition) is 1. The molecule has 2 saturated heterocycles. The topological polar surface area (TPSA) is 76.2 Å². The van der Waals surface area contributed by atoms with Crippen LogP contribution in [0.3, 0.4) is 0 Å². The lowest BCUT2D eigenvalue weighted by molar-refractivity contribution is -0.188. The number of hydrazine groups is 1. The highest BCUT2D eigenvalue weighted by molar-refractivity contribution is 5.91. The number of carbonyl (C=O) groups is 3. The molecule has 0 saturated carbocycles. The largest absolute Gasteiger partial charge is 0.337 e. The third kappa shape index (κ3) is 6.05. The zero-order valence-corrected chi connectivity index (χ0v) is 20.8. The number of nitrogens with one attached hydrogen (secondary N) is 1. The second-order valence-electron chi connectivity index (χ2n) is 9.72. The van der Waals surface area contributed by atoms with Crippen LogP contribution >= 0.6 is 0 Å². The number of fused-ring (bicyclic) bond motifs is 1. The lowest BCUT2D eigenvalue weighted by atomic mass is 9.97. The number of unbranched alkanes of at least 4 members (excludes halogenated alkanes) is 3. The van der Waals surface area contributed by atoms with Crippen LogP contribution in [0.5, 0.6) is 0 Å². The number of rotatable bonds is 9. The van der Waals surface area contributed by atoms with Crippen molar-refractivity contribution in [3.05, 3.63) is 35.6 Å². The number of likely N-dealkylation sites (N-methyl/N-ethyl adjacent to an activating group) is 1. The molecule has 1 aromatic carbocycles. The van der Waals surface area contributed by atoms with Crippen molar-refractivity contribution in [2.45, 2.75) is 71.6 Å². The zero-order chi connectivity index (χ0) is 24.8. The number of amides is 4. The van der Waals surface area contributed by atoms with E-state index in [1.54, 1.807) is 34.1 Å². The summed E-state index contributed by atoms with van der Waals surface area (Å²) < 4.78 is 13.2. The smallest absolute Gasteiger partial charge is 0.334 e. The van der Waals surface area contributed by atoms with Crippen molar-refractivity contribution < 1.29 is 18.8 Å². The third-order valence-corrected chi connectivity index (χ3v) is 6.48. The first kappa shape index (κ1) is 25.9. The number of nitrogens with zero attached hydrogens (tertiary/aromatic N) is 4. The van der Waals surface area contributed by atoms with Gasteiger partial charge in [-0.1, -0.05) is 52.2 Å². The van der Waals surface area contributed by atoms with Gasteiger partial charge in [0.25, 0.3) is 0 Å².